The van der Waals surface area contributed by atoms with Crippen LogP contribution in [-0.4, -0.2) is 25.8 Å². The molecule has 2 aromatic heterocycles. The minimum Gasteiger partial charge on any atom is -0.477 e. The van der Waals surface area contributed by atoms with Crippen molar-refractivity contribution in [2.45, 2.75) is 19.8 Å². The van der Waals surface area contributed by atoms with E-state index in [9.17, 15) is 14.7 Å². The molecule has 6 heteroatoms. The molecule has 0 saturated heterocycles. The molecular formula is C20H17N3O3. The number of carboxylic acids is 1. The van der Waals surface area contributed by atoms with Crippen LogP contribution >= 0.6 is 0 Å². The molecule has 0 aliphatic heterocycles. The molecule has 0 atom stereocenters. The molecule has 4 aromatic rings. The summed E-state index contributed by atoms with van der Waals surface area (Å²) in [6, 6.07) is 14.8. The summed E-state index contributed by atoms with van der Waals surface area (Å²) in [5, 5.41) is 14.9. The summed E-state index contributed by atoms with van der Waals surface area (Å²) in [6.07, 6.45) is 0. The van der Waals surface area contributed by atoms with Crippen molar-refractivity contribution in [2.24, 2.45) is 0 Å². The molecule has 130 valence electrons. The number of carbonyl (C=O) groups is 1. The van der Waals surface area contributed by atoms with Crippen LogP contribution in [-0.2, 0) is 0 Å². The van der Waals surface area contributed by atoms with Gasteiger partial charge in [-0.3, -0.25) is 4.79 Å². The maximum Gasteiger partial charge on any atom is 0.343 e. The smallest absolute Gasteiger partial charge is 0.343 e. The van der Waals surface area contributed by atoms with Crippen molar-refractivity contribution in [3.05, 3.63) is 70.0 Å². The summed E-state index contributed by atoms with van der Waals surface area (Å²) in [5.41, 5.74) is 2.16. The number of benzene rings is 2. The predicted octanol–water partition coefficient (Wildman–Crippen LogP) is 3.69. The minimum atomic E-state index is -1.28. The molecule has 0 spiro atoms. The Morgan fingerprint density at radius 3 is 2.46 bits per heavy atom. The summed E-state index contributed by atoms with van der Waals surface area (Å²) < 4.78 is 1.16. The Kier molecular flexibility index (Phi) is 3.61. The van der Waals surface area contributed by atoms with E-state index >= 15 is 0 Å². The highest BCUT2D eigenvalue weighted by Gasteiger charge is 2.21. The van der Waals surface area contributed by atoms with E-state index in [0.717, 1.165) is 21.1 Å². The first-order chi connectivity index (χ1) is 12.5. The molecule has 6 nitrogen and oxygen atoms in total. The van der Waals surface area contributed by atoms with E-state index in [1.165, 1.54) is 0 Å². The van der Waals surface area contributed by atoms with Gasteiger partial charge in [0.15, 0.2) is 5.56 Å². The van der Waals surface area contributed by atoms with Crippen molar-refractivity contribution < 1.29 is 9.90 Å². The second-order valence-corrected chi connectivity index (χ2v) is 6.54. The van der Waals surface area contributed by atoms with Gasteiger partial charge in [0, 0.05) is 10.9 Å². The number of carboxylic acid groups (broad SMARTS) is 1. The maximum absolute atomic E-state index is 12.8. The number of para-hydroxylation sites is 1. The summed E-state index contributed by atoms with van der Waals surface area (Å²) in [4.78, 5) is 27.6. The van der Waals surface area contributed by atoms with Gasteiger partial charge in [-0.25, -0.2) is 4.79 Å². The van der Waals surface area contributed by atoms with Gasteiger partial charge in [0.1, 0.15) is 5.52 Å². The van der Waals surface area contributed by atoms with E-state index < -0.39 is 11.5 Å². The molecule has 2 heterocycles. The first-order valence-corrected chi connectivity index (χ1v) is 8.34. The van der Waals surface area contributed by atoms with Gasteiger partial charge in [0.05, 0.1) is 11.2 Å². The molecule has 0 radical (unpaired) electrons. The van der Waals surface area contributed by atoms with E-state index in [0.29, 0.717) is 17.1 Å². The van der Waals surface area contributed by atoms with Gasteiger partial charge in [0.2, 0.25) is 0 Å². The Balaban J connectivity index is 2.06. The van der Waals surface area contributed by atoms with E-state index in [4.69, 9.17) is 0 Å². The lowest BCUT2D eigenvalue weighted by molar-refractivity contribution is 0.0696. The van der Waals surface area contributed by atoms with Crippen LogP contribution in [0.1, 0.15) is 35.7 Å². The van der Waals surface area contributed by atoms with Crippen LogP contribution in [0.2, 0.25) is 0 Å². The normalized spacial score (nSPS) is 11.5. The number of hydrogen-bond acceptors (Lipinski definition) is 3. The number of aromatic amines is 1. The van der Waals surface area contributed by atoms with E-state index in [1.54, 1.807) is 12.1 Å². The standard InChI is InChI=1S/C20H17N3O3/c1-11(2)12-7-9-13(10-8-12)23-19(24)16(20(25)26)18-17(22-23)14-5-3-4-6-15(14)21-18/h3-11,21H,1-2H3,(H,25,26). The van der Waals surface area contributed by atoms with E-state index in [-0.39, 0.29) is 11.1 Å². The third kappa shape index (κ3) is 2.38. The predicted molar refractivity (Wildman–Crippen MR) is 100 cm³/mol. The summed E-state index contributed by atoms with van der Waals surface area (Å²) in [7, 11) is 0. The van der Waals surface area contributed by atoms with Gasteiger partial charge in [-0.1, -0.05) is 44.2 Å². The second-order valence-electron chi connectivity index (χ2n) is 6.54. The summed E-state index contributed by atoms with van der Waals surface area (Å²) in [5.74, 6) is -0.916. The second kappa shape index (κ2) is 5.84. The highest BCUT2D eigenvalue weighted by molar-refractivity contribution is 6.11. The molecule has 0 saturated carbocycles. The zero-order chi connectivity index (χ0) is 18.4. The van der Waals surface area contributed by atoms with Crippen LogP contribution in [0.5, 0.6) is 0 Å². The summed E-state index contributed by atoms with van der Waals surface area (Å²) >= 11 is 0. The van der Waals surface area contributed by atoms with E-state index in [1.807, 2.05) is 36.4 Å². The van der Waals surface area contributed by atoms with Crippen molar-refractivity contribution in [1.82, 2.24) is 14.8 Å². The van der Waals surface area contributed by atoms with Gasteiger partial charge < -0.3 is 10.1 Å². The molecule has 0 amide bonds. The zero-order valence-corrected chi connectivity index (χ0v) is 14.4. The monoisotopic (exact) mass is 347 g/mol. The van der Waals surface area contributed by atoms with Crippen molar-refractivity contribution in [3.8, 4) is 5.69 Å². The van der Waals surface area contributed by atoms with Crippen LogP contribution in [0.4, 0.5) is 0 Å². The Hall–Kier alpha value is -3.41. The molecule has 0 aliphatic rings. The lowest BCUT2D eigenvalue weighted by atomic mass is 10.0. The van der Waals surface area contributed by atoms with Gasteiger partial charge in [-0.15, -0.1) is 0 Å². The van der Waals surface area contributed by atoms with E-state index in [2.05, 4.69) is 23.9 Å². The fourth-order valence-electron chi connectivity index (χ4n) is 3.14. The Labute approximate surface area is 148 Å². The minimum absolute atomic E-state index is 0.249. The molecule has 2 N–H and O–H groups in total. The van der Waals surface area contributed by atoms with Gasteiger partial charge >= 0.3 is 5.97 Å². The molecule has 2 aromatic carbocycles. The fraction of sp³-hybridized carbons (Fsp3) is 0.150. The number of aromatic carboxylic acids is 1. The average molecular weight is 347 g/mol. The molecule has 4 rings (SSSR count). The van der Waals surface area contributed by atoms with Crippen molar-refractivity contribution >= 4 is 27.9 Å². The lowest BCUT2D eigenvalue weighted by Gasteiger charge is -2.09. The number of rotatable bonds is 3. The molecule has 0 bridgehead atoms. The average Bonchev–Trinajstić information content (AvgIpc) is 2.98. The molecular weight excluding hydrogens is 330 g/mol. The first kappa shape index (κ1) is 16.1. The van der Waals surface area contributed by atoms with Gasteiger partial charge in [0.25, 0.3) is 5.56 Å². The van der Waals surface area contributed by atoms with Crippen molar-refractivity contribution in [2.75, 3.05) is 0 Å². The summed E-state index contributed by atoms with van der Waals surface area (Å²) in [6.45, 7) is 4.17. The highest BCUT2D eigenvalue weighted by atomic mass is 16.4. The fourth-order valence-corrected chi connectivity index (χ4v) is 3.14. The van der Waals surface area contributed by atoms with Crippen molar-refractivity contribution in [1.29, 1.82) is 0 Å². The quantitative estimate of drug-likeness (QED) is 0.592. The Morgan fingerprint density at radius 2 is 1.81 bits per heavy atom. The molecule has 26 heavy (non-hydrogen) atoms. The molecule has 0 aliphatic carbocycles. The van der Waals surface area contributed by atoms with Crippen molar-refractivity contribution in [3.63, 3.8) is 0 Å². The molecule has 0 fully saturated rings. The number of nitrogens with one attached hydrogen (secondary N) is 1. The SMILES string of the molecule is CC(C)c1ccc(-n2nc3c([nH]c4ccccc43)c(C(=O)O)c2=O)cc1. The molecule has 0 unspecified atom stereocenters. The third-order valence-corrected chi connectivity index (χ3v) is 4.55. The first-order valence-electron chi connectivity index (χ1n) is 8.34. The Morgan fingerprint density at radius 1 is 1.12 bits per heavy atom. The lowest BCUT2D eigenvalue weighted by Crippen LogP contribution is -2.27. The maximum atomic E-state index is 12.8. The number of nitrogens with zero attached hydrogens (tertiary/aromatic N) is 2. The van der Waals surface area contributed by atoms with Crippen LogP contribution < -0.4 is 5.56 Å². The number of fused-ring (bicyclic) bond motifs is 3. The largest absolute Gasteiger partial charge is 0.477 e. The highest BCUT2D eigenvalue weighted by Crippen LogP contribution is 2.25. The Bertz CT molecular complexity index is 1200. The van der Waals surface area contributed by atoms with Crippen LogP contribution in [0.15, 0.2) is 53.3 Å². The number of H-pyrrole nitrogens is 1. The third-order valence-electron chi connectivity index (χ3n) is 4.55. The number of hydrogen-bond donors (Lipinski definition) is 2. The number of aromatic nitrogens is 3. The van der Waals surface area contributed by atoms with Gasteiger partial charge in [-0.05, 0) is 29.7 Å². The van der Waals surface area contributed by atoms with Crippen LogP contribution in [0.25, 0.3) is 27.6 Å². The topological polar surface area (TPSA) is 88.0 Å². The van der Waals surface area contributed by atoms with Crippen LogP contribution in [0.3, 0.4) is 0 Å². The van der Waals surface area contributed by atoms with Crippen LogP contribution in [0, 0.1) is 0 Å². The van der Waals surface area contributed by atoms with Gasteiger partial charge in [-0.2, -0.15) is 9.78 Å². The zero-order valence-electron chi connectivity index (χ0n) is 14.4.